The first-order valence-electron chi connectivity index (χ1n) is 9.34. The van der Waals surface area contributed by atoms with Crippen molar-refractivity contribution in [1.82, 2.24) is 20.0 Å². The predicted octanol–water partition coefficient (Wildman–Crippen LogP) is 2.31. The Labute approximate surface area is 164 Å². The number of benzene rings is 1. The Bertz CT molecular complexity index is 813. The second-order valence-corrected chi connectivity index (χ2v) is 6.92. The molecule has 0 unspecified atom stereocenters. The summed E-state index contributed by atoms with van der Waals surface area (Å²) in [4.78, 5) is 27.4. The molecule has 1 aromatic carbocycles. The third-order valence-electron chi connectivity index (χ3n) is 4.39. The van der Waals surface area contributed by atoms with Crippen LogP contribution in [0.2, 0.25) is 0 Å². The van der Waals surface area contributed by atoms with Gasteiger partial charge in [-0.25, -0.2) is 0 Å². The van der Waals surface area contributed by atoms with E-state index in [1.807, 2.05) is 38.1 Å². The van der Waals surface area contributed by atoms with Crippen LogP contribution < -0.4 is 10.1 Å². The number of anilines is 2. The standard InChI is InChI=1S/C20H25N5O3/c1-14(2)28-17-6-4-16(5-7-17)21-19-9-8-18(22-23-19)20(27)25-12-10-24(11-13-25)15(3)26/h4-9,14H,10-13H2,1-3H3,(H,21,23). The smallest absolute Gasteiger partial charge is 0.274 e. The molecule has 2 aromatic rings. The van der Waals surface area contributed by atoms with Crippen LogP contribution in [0.4, 0.5) is 11.5 Å². The SMILES string of the molecule is CC(=O)N1CCN(C(=O)c2ccc(Nc3ccc(OC(C)C)cc3)nn2)CC1. The maximum Gasteiger partial charge on any atom is 0.274 e. The van der Waals surface area contributed by atoms with Crippen molar-refractivity contribution >= 4 is 23.3 Å². The van der Waals surface area contributed by atoms with E-state index < -0.39 is 0 Å². The lowest BCUT2D eigenvalue weighted by Gasteiger charge is -2.33. The van der Waals surface area contributed by atoms with Crippen LogP contribution in [-0.2, 0) is 4.79 Å². The molecule has 0 aliphatic carbocycles. The molecule has 0 bridgehead atoms. The van der Waals surface area contributed by atoms with E-state index in [1.54, 1.807) is 28.9 Å². The van der Waals surface area contributed by atoms with E-state index in [4.69, 9.17) is 4.74 Å². The number of ether oxygens (including phenoxy) is 1. The minimum Gasteiger partial charge on any atom is -0.491 e. The molecule has 1 aromatic heterocycles. The van der Waals surface area contributed by atoms with Gasteiger partial charge in [-0.15, -0.1) is 10.2 Å². The summed E-state index contributed by atoms with van der Waals surface area (Å²) in [6, 6.07) is 10.9. The Morgan fingerprint density at radius 3 is 2.14 bits per heavy atom. The summed E-state index contributed by atoms with van der Waals surface area (Å²) < 4.78 is 5.62. The summed E-state index contributed by atoms with van der Waals surface area (Å²) >= 11 is 0. The first kappa shape index (κ1) is 19.6. The quantitative estimate of drug-likeness (QED) is 0.853. The van der Waals surface area contributed by atoms with Gasteiger partial charge < -0.3 is 19.9 Å². The van der Waals surface area contributed by atoms with Gasteiger partial charge in [-0.2, -0.15) is 0 Å². The van der Waals surface area contributed by atoms with Crippen molar-refractivity contribution in [3.8, 4) is 5.75 Å². The number of carbonyl (C=O) groups is 2. The van der Waals surface area contributed by atoms with Crippen molar-refractivity contribution in [3.05, 3.63) is 42.1 Å². The second kappa shape index (κ2) is 8.69. The van der Waals surface area contributed by atoms with E-state index in [9.17, 15) is 9.59 Å². The van der Waals surface area contributed by atoms with Crippen molar-refractivity contribution in [3.63, 3.8) is 0 Å². The summed E-state index contributed by atoms with van der Waals surface area (Å²) in [5, 5.41) is 11.3. The van der Waals surface area contributed by atoms with Gasteiger partial charge in [0.25, 0.3) is 5.91 Å². The van der Waals surface area contributed by atoms with Gasteiger partial charge in [0.05, 0.1) is 6.10 Å². The number of hydrogen-bond donors (Lipinski definition) is 1. The van der Waals surface area contributed by atoms with E-state index in [0.717, 1.165) is 11.4 Å². The van der Waals surface area contributed by atoms with Gasteiger partial charge in [0, 0.05) is 38.8 Å². The maximum atomic E-state index is 12.6. The number of nitrogens with one attached hydrogen (secondary N) is 1. The molecule has 8 nitrogen and oxygen atoms in total. The average molecular weight is 383 g/mol. The monoisotopic (exact) mass is 383 g/mol. The fraction of sp³-hybridized carbons (Fsp3) is 0.400. The van der Waals surface area contributed by atoms with Crippen LogP contribution in [0.15, 0.2) is 36.4 Å². The highest BCUT2D eigenvalue weighted by atomic mass is 16.5. The molecule has 28 heavy (non-hydrogen) atoms. The lowest BCUT2D eigenvalue weighted by molar-refractivity contribution is -0.130. The number of nitrogens with zero attached hydrogens (tertiary/aromatic N) is 4. The van der Waals surface area contributed by atoms with Crippen LogP contribution in [0, 0.1) is 0 Å². The lowest BCUT2D eigenvalue weighted by atomic mass is 10.2. The highest BCUT2D eigenvalue weighted by molar-refractivity contribution is 5.92. The van der Waals surface area contributed by atoms with Crippen LogP contribution in [0.1, 0.15) is 31.3 Å². The minimum absolute atomic E-state index is 0.0334. The number of aromatic nitrogens is 2. The van der Waals surface area contributed by atoms with Crippen molar-refractivity contribution in [2.45, 2.75) is 26.9 Å². The molecule has 2 amide bonds. The Morgan fingerprint density at radius 1 is 0.964 bits per heavy atom. The zero-order chi connectivity index (χ0) is 20.1. The number of amides is 2. The number of rotatable bonds is 5. The van der Waals surface area contributed by atoms with Gasteiger partial charge in [0.2, 0.25) is 5.91 Å². The molecule has 0 radical (unpaired) electrons. The van der Waals surface area contributed by atoms with Crippen LogP contribution in [-0.4, -0.2) is 64.1 Å². The molecule has 8 heteroatoms. The van der Waals surface area contributed by atoms with Gasteiger partial charge >= 0.3 is 0 Å². The number of hydrogen-bond acceptors (Lipinski definition) is 6. The molecule has 1 saturated heterocycles. The Kier molecular flexibility index (Phi) is 6.08. The Morgan fingerprint density at radius 2 is 1.61 bits per heavy atom. The van der Waals surface area contributed by atoms with Gasteiger partial charge in [-0.05, 0) is 50.2 Å². The van der Waals surface area contributed by atoms with Crippen molar-refractivity contribution < 1.29 is 14.3 Å². The zero-order valence-electron chi connectivity index (χ0n) is 16.4. The highest BCUT2D eigenvalue weighted by Gasteiger charge is 2.24. The van der Waals surface area contributed by atoms with Crippen LogP contribution in [0.3, 0.4) is 0 Å². The van der Waals surface area contributed by atoms with E-state index in [0.29, 0.717) is 37.7 Å². The molecule has 148 valence electrons. The van der Waals surface area contributed by atoms with E-state index in [1.165, 1.54) is 0 Å². The number of piperazine rings is 1. The van der Waals surface area contributed by atoms with Gasteiger partial charge in [-0.3, -0.25) is 9.59 Å². The Balaban J connectivity index is 1.57. The van der Waals surface area contributed by atoms with E-state index >= 15 is 0 Å². The van der Waals surface area contributed by atoms with E-state index in [-0.39, 0.29) is 17.9 Å². The molecule has 0 spiro atoms. The summed E-state index contributed by atoms with van der Waals surface area (Å²) in [6.07, 6.45) is 0.125. The third-order valence-corrected chi connectivity index (χ3v) is 4.39. The number of carbonyl (C=O) groups excluding carboxylic acids is 2. The van der Waals surface area contributed by atoms with Gasteiger partial charge in [0.15, 0.2) is 11.5 Å². The second-order valence-electron chi connectivity index (χ2n) is 6.92. The average Bonchev–Trinajstić information content (AvgIpc) is 2.69. The first-order chi connectivity index (χ1) is 13.4. The van der Waals surface area contributed by atoms with E-state index in [2.05, 4.69) is 15.5 Å². The van der Waals surface area contributed by atoms with Crippen molar-refractivity contribution in [1.29, 1.82) is 0 Å². The molecular weight excluding hydrogens is 358 g/mol. The summed E-state index contributed by atoms with van der Waals surface area (Å²) in [6.45, 7) is 7.60. The summed E-state index contributed by atoms with van der Waals surface area (Å²) in [5.74, 6) is 1.22. The lowest BCUT2D eigenvalue weighted by Crippen LogP contribution is -2.50. The molecule has 1 fully saturated rings. The van der Waals surface area contributed by atoms with Crippen LogP contribution in [0.5, 0.6) is 5.75 Å². The van der Waals surface area contributed by atoms with Crippen molar-refractivity contribution in [2.75, 3.05) is 31.5 Å². The van der Waals surface area contributed by atoms with Crippen LogP contribution in [0.25, 0.3) is 0 Å². The molecule has 0 atom stereocenters. The largest absolute Gasteiger partial charge is 0.491 e. The molecule has 1 N–H and O–H groups in total. The zero-order valence-corrected chi connectivity index (χ0v) is 16.4. The van der Waals surface area contributed by atoms with Gasteiger partial charge in [-0.1, -0.05) is 0 Å². The fourth-order valence-corrected chi connectivity index (χ4v) is 2.94. The summed E-state index contributed by atoms with van der Waals surface area (Å²) in [5.41, 5.74) is 1.15. The Hall–Kier alpha value is -3.16. The predicted molar refractivity (Wildman–Crippen MR) is 106 cm³/mol. The normalized spacial score (nSPS) is 14.1. The highest BCUT2D eigenvalue weighted by Crippen LogP contribution is 2.19. The minimum atomic E-state index is -0.169. The molecule has 1 aliphatic heterocycles. The van der Waals surface area contributed by atoms with Crippen LogP contribution >= 0.6 is 0 Å². The first-order valence-corrected chi connectivity index (χ1v) is 9.34. The maximum absolute atomic E-state index is 12.6. The molecule has 1 aliphatic rings. The van der Waals surface area contributed by atoms with Gasteiger partial charge in [0.1, 0.15) is 5.75 Å². The topological polar surface area (TPSA) is 87.7 Å². The fourth-order valence-electron chi connectivity index (χ4n) is 2.94. The summed E-state index contributed by atoms with van der Waals surface area (Å²) in [7, 11) is 0. The molecule has 2 heterocycles. The molecular formula is C20H25N5O3. The molecule has 0 saturated carbocycles. The third kappa shape index (κ3) is 4.97. The van der Waals surface area contributed by atoms with Crippen molar-refractivity contribution in [2.24, 2.45) is 0 Å². The molecule has 3 rings (SSSR count).